The average Bonchev–Trinajstić information content (AvgIpc) is 2.96. The van der Waals surface area contributed by atoms with E-state index in [1.165, 1.54) is 0 Å². The molecule has 3 rings (SSSR count). The third-order valence-corrected chi connectivity index (χ3v) is 2.49. The quantitative estimate of drug-likeness (QED) is 0.647. The van der Waals surface area contributed by atoms with Crippen LogP contribution in [0.15, 0.2) is 37.1 Å². The Labute approximate surface area is 92.4 Å². The third kappa shape index (κ3) is 1.37. The van der Waals surface area contributed by atoms with Crippen molar-refractivity contribution in [1.82, 2.24) is 24.1 Å². The van der Waals surface area contributed by atoms with Crippen LogP contribution in [0.1, 0.15) is 12.6 Å². The summed E-state index contributed by atoms with van der Waals surface area (Å²) in [6.07, 6.45) is 8.20. The van der Waals surface area contributed by atoms with Crippen LogP contribution < -0.4 is 0 Å². The van der Waals surface area contributed by atoms with E-state index in [0.29, 0.717) is 0 Å². The van der Waals surface area contributed by atoms with Crippen LogP contribution in [0.25, 0.3) is 11.5 Å². The van der Waals surface area contributed by atoms with E-state index in [9.17, 15) is 0 Å². The van der Waals surface area contributed by atoms with Crippen molar-refractivity contribution in [1.29, 1.82) is 0 Å². The Morgan fingerprint density at radius 2 is 2.25 bits per heavy atom. The summed E-state index contributed by atoms with van der Waals surface area (Å²) < 4.78 is 3.67. The van der Waals surface area contributed by atoms with Crippen molar-refractivity contribution in [3.05, 3.63) is 42.7 Å². The maximum Gasteiger partial charge on any atom is 0.158 e. The summed E-state index contributed by atoms with van der Waals surface area (Å²) in [4.78, 5) is 8.43. The maximum atomic E-state index is 4.46. The normalized spacial score (nSPS) is 11.1. The van der Waals surface area contributed by atoms with Crippen LogP contribution in [0.2, 0.25) is 0 Å². The highest BCUT2D eigenvalue weighted by molar-refractivity contribution is 5.41. The molecule has 0 N–H and O–H groups in total. The van der Waals surface area contributed by atoms with Gasteiger partial charge in [0, 0.05) is 12.4 Å². The van der Waals surface area contributed by atoms with Crippen molar-refractivity contribution >= 4 is 5.65 Å². The van der Waals surface area contributed by atoms with Gasteiger partial charge in [-0.1, -0.05) is 6.92 Å². The molecule has 3 heterocycles. The van der Waals surface area contributed by atoms with Gasteiger partial charge < -0.3 is 0 Å². The number of rotatable bonds is 2. The molecule has 0 aliphatic rings. The van der Waals surface area contributed by atoms with Crippen LogP contribution >= 0.6 is 0 Å². The van der Waals surface area contributed by atoms with Gasteiger partial charge in [-0.05, 0) is 18.6 Å². The predicted octanol–water partition coefficient (Wildman–Crippen LogP) is 1.48. The van der Waals surface area contributed by atoms with Crippen molar-refractivity contribution in [2.24, 2.45) is 0 Å². The van der Waals surface area contributed by atoms with Crippen molar-refractivity contribution in [2.45, 2.75) is 13.3 Å². The summed E-state index contributed by atoms with van der Waals surface area (Å²) in [7, 11) is 0. The lowest BCUT2D eigenvalue weighted by molar-refractivity contribution is 0.862. The zero-order valence-corrected chi connectivity index (χ0v) is 8.91. The number of aromatic nitrogens is 5. The zero-order chi connectivity index (χ0) is 11.0. The highest BCUT2D eigenvalue weighted by Gasteiger charge is 2.03. The number of nitrogens with zero attached hydrogens (tertiary/aromatic N) is 5. The summed E-state index contributed by atoms with van der Waals surface area (Å²) in [6.45, 7) is 2.08. The molecule has 3 aromatic rings. The van der Waals surface area contributed by atoms with Gasteiger partial charge in [0.1, 0.15) is 6.33 Å². The summed E-state index contributed by atoms with van der Waals surface area (Å²) in [6, 6.07) is 3.89. The number of imidazole rings is 2. The molecule has 0 radical (unpaired) electrons. The highest BCUT2D eigenvalue weighted by Crippen LogP contribution is 2.08. The fourth-order valence-electron chi connectivity index (χ4n) is 1.62. The molecule has 3 aromatic heterocycles. The molecule has 0 fully saturated rings. The Bertz CT molecular complexity index is 608. The molecule has 80 valence electrons. The highest BCUT2D eigenvalue weighted by atomic mass is 15.3. The summed E-state index contributed by atoms with van der Waals surface area (Å²) in [5.74, 6) is 0.838. The molecule has 16 heavy (non-hydrogen) atoms. The molecule has 5 nitrogen and oxygen atoms in total. The second-order valence-corrected chi connectivity index (χ2v) is 3.55. The maximum absolute atomic E-state index is 4.46. The monoisotopic (exact) mass is 213 g/mol. The first-order chi connectivity index (χ1) is 7.86. The number of aryl methyl sites for hydroxylation is 1. The number of fused-ring (bicyclic) bond motifs is 1. The first-order valence-electron chi connectivity index (χ1n) is 5.20. The molecule has 0 atom stereocenters. The van der Waals surface area contributed by atoms with E-state index < -0.39 is 0 Å². The second-order valence-electron chi connectivity index (χ2n) is 3.55. The van der Waals surface area contributed by atoms with Gasteiger partial charge in [-0.2, -0.15) is 0 Å². The SMILES string of the molecule is CCc1cn2nc(-n3ccnc3)ccc2n1. The summed E-state index contributed by atoms with van der Waals surface area (Å²) >= 11 is 0. The van der Waals surface area contributed by atoms with Crippen molar-refractivity contribution in [2.75, 3.05) is 0 Å². The van der Waals surface area contributed by atoms with Crippen LogP contribution in [0.3, 0.4) is 0 Å². The Morgan fingerprint density at radius 3 is 3.00 bits per heavy atom. The molecule has 0 aliphatic carbocycles. The second kappa shape index (κ2) is 3.44. The minimum absolute atomic E-state index is 0.838. The van der Waals surface area contributed by atoms with Gasteiger partial charge in [0.25, 0.3) is 0 Å². The van der Waals surface area contributed by atoms with E-state index in [4.69, 9.17) is 0 Å². The molecule has 0 saturated heterocycles. The largest absolute Gasteiger partial charge is 0.289 e. The lowest BCUT2D eigenvalue weighted by Crippen LogP contribution is -1.99. The molecule has 0 spiro atoms. The third-order valence-electron chi connectivity index (χ3n) is 2.49. The van der Waals surface area contributed by atoms with Gasteiger partial charge in [-0.15, -0.1) is 5.10 Å². The molecular weight excluding hydrogens is 202 g/mol. The molecule has 0 unspecified atom stereocenters. The lowest BCUT2D eigenvalue weighted by atomic mass is 10.4. The Morgan fingerprint density at radius 1 is 1.31 bits per heavy atom. The van der Waals surface area contributed by atoms with Crippen molar-refractivity contribution in [3.8, 4) is 5.82 Å². The van der Waals surface area contributed by atoms with Gasteiger partial charge in [0.05, 0.1) is 11.9 Å². The fourth-order valence-corrected chi connectivity index (χ4v) is 1.62. The molecular formula is C11H11N5. The standard InChI is InChI=1S/C11H11N5/c1-2-9-7-16-10(13-9)3-4-11(14-16)15-6-5-12-8-15/h3-8H,2H2,1H3. The van der Waals surface area contributed by atoms with Crippen LogP contribution in [-0.2, 0) is 6.42 Å². The smallest absolute Gasteiger partial charge is 0.158 e. The van der Waals surface area contributed by atoms with E-state index in [1.807, 2.05) is 29.1 Å². The molecule has 0 aromatic carbocycles. The lowest BCUT2D eigenvalue weighted by Gasteiger charge is -2.00. The Kier molecular flexibility index (Phi) is 1.96. The zero-order valence-electron chi connectivity index (χ0n) is 8.91. The van der Waals surface area contributed by atoms with Crippen LogP contribution in [0.4, 0.5) is 0 Å². The first-order valence-corrected chi connectivity index (χ1v) is 5.20. The van der Waals surface area contributed by atoms with Crippen LogP contribution in [-0.4, -0.2) is 24.1 Å². The fraction of sp³-hybridized carbons (Fsp3) is 0.182. The molecule has 0 aliphatic heterocycles. The van der Waals surface area contributed by atoms with E-state index in [-0.39, 0.29) is 0 Å². The van der Waals surface area contributed by atoms with E-state index >= 15 is 0 Å². The Balaban J connectivity index is 2.15. The predicted molar refractivity (Wildman–Crippen MR) is 59.5 cm³/mol. The Hall–Kier alpha value is -2.17. The topological polar surface area (TPSA) is 48.0 Å². The van der Waals surface area contributed by atoms with Crippen molar-refractivity contribution < 1.29 is 0 Å². The molecule has 0 bridgehead atoms. The number of hydrogen-bond donors (Lipinski definition) is 0. The van der Waals surface area contributed by atoms with Gasteiger partial charge in [0.2, 0.25) is 0 Å². The van der Waals surface area contributed by atoms with Crippen LogP contribution in [0, 0.1) is 0 Å². The van der Waals surface area contributed by atoms with Gasteiger partial charge >= 0.3 is 0 Å². The minimum atomic E-state index is 0.838. The van der Waals surface area contributed by atoms with Crippen molar-refractivity contribution in [3.63, 3.8) is 0 Å². The average molecular weight is 213 g/mol. The number of hydrogen-bond acceptors (Lipinski definition) is 3. The van der Waals surface area contributed by atoms with Crippen LogP contribution in [0.5, 0.6) is 0 Å². The van der Waals surface area contributed by atoms with Gasteiger partial charge in [0.15, 0.2) is 11.5 Å². The minimum Gasteiger partial charge on any atom is -0.289 e. The molecule has 0 amide bonds. The summed E-state index contributed by atoms with van der Waals surface area (Å²) in [5.41, 5.74) is 1.93. The summed E-state index contributed by atoms with van der Waals surface area (Å²) in [5, 5.41) is 4.46. The molecule has 0 saturated carbocycles. The van der Waals surface area contributed by atoms with E-state index in [1.54, 1.807) is 17.0 Å². The molecule has 5 heteroatoms. The van der Waals surface area contributed by atoms with E-state index in [2.05, 4.69) is 22.0 Å². The first kappa shape index (κ1) is 9.08. The van der Waals surface area contributed by atoms with Gasteiger partial charge in [-0.3, -0.25) is 4.57 Å². The van der Waals surface area contributed by atoms with Gasteiger partial charge in [-0.25, -0.2) is 14.5 Å². The van der Waals surface area contributed by atoms with E-state index in [0.717, 1.165) is 23.6 Å².